The molecule has 2 aliphatic rings. The average molecular weight is 483 g/mol. The van der Waals surface area contributed by atoms with Crippen LogP contribution >= 0.6 is 0 Å². The fourth-order valence-corrected chi connectivity index (χ4v) is 5.61. The molecule has 1 aliphatic carbocycles. The normalized spacial score (nSPS) is 21.3. The van der Waals surface area contributed by atoms with Gasteiger partial charge in [-0.25, -0.2) is 0 Å². The van der Waals surface area contributed by atoms with Gasteiger partial charge in [-0.2, -0.15) is 0 Å². The molecule has 35 heavy (non-hydrogen) atoms. The summed E-state index contributed by atoms with van der Waals surface area (Å²) in [6.07, 6.45) is 8.35. The average Bonchev–Trinajstić information content (AvgIpc) is 3.62. The molecule has 2 amide bonds. The van der Waals surface area contributed by atoms with Crippen molar-refractivity contribution in [3.63, 3.8) is 0 Å². The van der Waals surface area contributed by atoms with Crippen molar-refractivity contribution in [1.82, 2.24) is 20.5 Å². The van der Waals surface area contributed by atoms with Crippen LogP contribution in [0.3, 0.4) is 0 Å². The lowest BCUT2D eigenvalue weighted by molar-refractivity contribution is -0.140. The maximum Gasteiger partial charge on any atom is 0.227 e. The van der Waals surface area contributed by atoms with Crippen LogP contribution in [0.15, 0.2) is 30.5 Å². The molecule has 1 aliphatic heterocycles. The standard InChI is InChI=1S/C28H42N4O3/c1-4-19(5-2)27(33)31-21-15-20(16-29-17-21)28(34)32(22-12-13-22)26(11-8-14-35-3)24-18-30-25-10-7-6-9-23(24)25/h6-7,9-10,18-22,26,29-30H,4-5,8,11-17H2,1-3H3,(H,31,33)/t20-,21+,26?/m0/s1. The van der Waals surface area contributed by atoms with E-state index in [9.17, 15) is 9.59 Å². The van der Waals surface area contributed by atoms with E-state index in [1.54, 1.807) is 7.11 Å². The number of carbonyl (C=O) groups excluding carboxylic acids is 2. The highest BCUT2D eigenvalue weighted by molar-refractivity contribution is 5.86. The molecule has 3 atom stereocenters. The maximum atomic E-state index is 14.1. The van der Waals surface area contributed by atoms with E-state index in [-0.39, 0.29) is 35.7 Å². The SMILES string of the molecule is CCC(CC)C(=O)N[C@H]1CNC[C@@H](C(=O)N(C2CC2)C(CCCOC)c2c[nH]c3ccccc23)C1. The Labute approximate surface area is 209 Å². The van der Waals surface area contributed by atoms with Gasteiger partial charge in [-0.05, 0) is 56.6 Å². The second kappa shape index (κ2) is 12.0. The van der Waals surface area contributed by atoms with Gasteiger partial charge in [0.2, 0.25) is 11.8 Å². The Bertz CT molecular complexity index is 981. The van der Waals surface area contributed by atoms with Crippen LogP contribution in [0.4, 0.5) is 0 Å². The van der Waals surface area contributed by atoms with Crippen molar-refractivity contribution in [2.75, 3.05) is 26.8 Å². The van der Waals surface area contributed by atoms with E-state index in [0.29, 0.717) is 25.6 Å². The minimum absolute atomic E-state index is 0.00752. The number of fused-ring (bicyclic) bond motifs is 1. The third-order valence-corrected chi connectivity index (χ3v) is 7.74. The monoisotopic (exact) mass is 482 g/mol. The summed E-state index contributed by atoms with van der Waals surface area (Å²) in [5, 5.41) is 7.83. The first kappa shape index (κ1) is 25.7. The van der Waals surface area contributed by atoms with Gasteiger partial charge in [-0.1, -0.05) is 32.0 Å². The van der Waals surface area contributed by atoms with Crippen molar-refractivity contribution in [3.8, 4) is 0 Å². The van der Waals surface area contributed by atoms with Crippen LogP contribution in [0.5, 0.6) is 0 Å². The summed E-state index contributed by atoms with van der Waals surface area (Å²) in [5.74, 6) is 0.243. The highest BCUT2D eigenvalue weighted by Gasteiger charge is 2.42. The van der Waals surface area contributed by atoms with Crippen molar-refractivity contribution in [1.29, 1.82) is 0 Å². The quantitative estimate of drug-likeness (QED) is 0.397. The predicted molar refractivity (Wildman–Crippen MR) is 139 cm³/mol. The molecule has 192 valence electrons. The van der Waals surface area contributed by atoms with E-state index < -0.39 is 0 Å². The molecule has 1 saturated heterocycles. The lowest BCUT2D eigenvalue weighted by Gasteiger charge is -2.38. The molecule has 1 unspecified atom stereocenters. The summed E-state index contributed by atoms with van der Waals surface area (Å²) in [6, 6.07) is 8.64. The molecule has 2 heterocycles. The Morgan fingerprint density at radius 1 is 1.17 bits per heavy atom. The molecule has 7 heteroatoms. The molecule has 1 aromatic heterocycles. The number of hydrogen-bond acceptors (Lipinski definition) is 4. The van der Waals surface area contributed by atoms with E-state index in [1.807, 2.05) is 6.07 Å². The van der Waals surface area contributed by atoms with Gasteiger partial charge in [0.1, 0.15) is 0 Å². The number of benzene rings is 1. The maximum absolute atomic E-state index is 14.1. The Balaban J connectivity index is 1.54. The molecule has 0 radical (unpaired) electrons. The zero-order valence-electron chi connectivity index (χ0n) is 21.5. The van der Waals surface area contributed by atoms with Gasteiger partial charge in [0.25, 0.3) is 0 Å². The van der Waals surface area contributed by atoms with Gasteiger partial charge in [0, 0.05) is 61.9 Å². The largest absolute Gasteiger partial charge is 0.385 e. The molecular weight excluding hydrogens is 440 g/mol. The van der Waals surface area contributed by atoms with E-state index >= 15 is 0 Å². The lowest BCUT2D eigenvalue weighted by atomic mass is 9.91. The molecule has 7 nitrogen and oxygen atoms in total. The van der Waals surface area contributed by atoms with Crippen LogP contribution in [0, 0.1) is 11.8 Å². The molecule has 1 saturated carbocycles. The van der Waals surface area contributed by atoms with Gasteiger partial charge in [-0.3, -0.25) is 9.59 Å². The van der Waals surface area contributed by atoms with Crippen LogP contribution < -0.4 is 10.6 Å². The molecule has 3 N–H and O–H groups in total. The molecular formula is C28H42N4O3. The zero-order valence-corrected chi connectivity index (χ0v) is 21.5. The number of aromatic nitrogens is 1. The molecule has 2 aromatic rings. The van der Waals surface area contributed by atoms with E-state index in [1.165, 1.54) is 10.9 Å². The Hall–Kier alpha value is -2.38. The van der Waals surface area contributed by atoms with E-state index in [2.05, 4.69) is 58.8 Å². The number of carbonyl (C=O) groups is 2. The second-order valence-corrected chi connectivity index (χ2v) is 10.2. The first-order valence-electron chi connectivity index (χ1n) is 13.5. The molecule has 0 bridgehead atoms. The van der Waals surface area contributed by atoms with Crippen LogP contribution in [0.25, 0.3) is 10.9 Å². The van der Waals surface area contributed by atoms with E-state index in [4.69, 9.17) is 4.74 Å². The highest BCUT2D eigenvalue weighted by atomic mass is 16.5. The van der Waals surface area contributed by atoms with Crippen molar-refractivity contribution >= 4 is 22.7 Å². The minimum atomic E-state index is -0.133. The Morgan fingerprint density at radius 3 is 2.66 bits per heavy atom. The van der Waals surface area contributed by atoms with Crippen LogP contribution in [-0.2, 0) is 14.3 Å². The number of nitrogens with zero attached hydrogens (tertiary/aromatic N) is 1. The zero-order chi connectivity index (χ0) is 24.8. The first-order chi connectivity index (χ1) is 17.1. The van der Waals surface area contributed by atoms with Crippen molar-refractivity contribution in [3.05, 3.63) is 36.0 Å². The number of rotatable bonds is 12. The van der Waals surface area contributed by atoms with Gasteiger partial charge >= 0.3 is 0 Å². The molecule has 4 rings (SSSR count). The molecule has 1 aromatic carbocycles. The number of hydrogen-bond donors (Lipinski definition) is 3. The van der Waals surface area contributed by atoms with Crippen molar-refractivity contribution in [2.24, 2.45) is 11.8 Å². The van der Waals surface area contributed by atoms with Gasteiger partial charge in [0.15, 0.2) is 0 Å². The summed E-state index contributed by atoms with van der Waals surface area (Å²) >= 11 is 0. The second-order valence-electron chi connectivity index (χ2n) is 10.2. The third kappa shape index (κ3) is 6.07. The van der Waals surface area contributed by atoms with Crippen molar-refractivity contribution < 1.29 is 14.3 Å². The number of amides is 2. The number of methoxy groups -OCH3 is 1. The number of aromatic amines is 1. The number of H-pyrrole nitrogens is 1. The summed E-state index contributed by atoms with van der Waals surface area (Å²) in [5.41, 5.74) is 2.30. The summed E-state index contributed by atoms with van der Waals surface area (Å²) in [7, 11) is 1.73. The van der Waals surface area contributed by atoms with E-state index in [0.717, 1.165) is 50.6 Å². The topological polar surface area (TPSA) is 86.5 Å². The molecule has 0 spiro atoms. The smallest absolute Gasteiger partial charge is 0.227 e. The van der Waals surface area contributed by atoms with Gasteiger partial charge < -0.3 is 25.3 Å². The number of ether oxygens (including phenoxy) is 1. The minimum Gasteiger partial charge on any atom is -0.385 e. The first-order valence-corrected chi connectivity index (χ1v) is 13.5. The highest BCUT2D eigenvalue weighted by Crippen LogP contribution is 2.40. The Kier molecular flexibility index (Phi) is 8.84. The van der Waals surface area contributed by atoms with Crippen LogP contribution in [0.2, 0.25) is 0 Å². The summed E-state index contributed by atoms with van der Waals surface area (Å²) in [4.78, 5) is 32.4. The van der Waals surface area contributed by atoms with Crippen molar-refractivity contribution in [2.45, 2.75) is 76.9 Å². The van der Waals surface area contributed by atoms with Crippen LogP contribution in [0.1, 0.15) is 70.4 Å². The predicted octanol–water partition coefficient (Wildman–Crippen LogP) is 4.16. The summed E-state index contributed by atoms with van der Waals surface area (Å²) in [6.45, 7) is 6.18. The van der Waals surface area contributed by atoms with Gasteiger partial charge in [-0.15, -0.1) is 0 Å². The number of piperidine rings is 1. The number of para-hydroxylation sites is 1. The third-order valence-electron chi connectivity index (χ3n) is 7.74. The fourth-order valence-electron chi connectivity index (χ4n) is 5.61. The van der Waals surface area contributed by atoms with Gasteiger partial charge in [0.05, 0.1) is 12.0 Å². The van der Waals surface area contributed by atoms with Crippen LogP contribution in [-0.4, -0.2) is 60.6 Å². The fraction of sp³-hybridized carbons (Fsp3) is 0.643. The summed E-state index contributed by atoms with van der Waals surface area (Å²) < 4.78 is 5.36. The number of nitrogens with one attached hydrogen (secondary N) is 3. The Morgan fingerprint density at radius 2 is 1.94 bits per heavy atom. The lowest BCUT2D eigenvalue weighted by Crippen LogP contribution is -2.54. The molecule has 2 fully saturated rings.